The van der Waals surface area contributed by atoms with Crippen LogP contribution in [0.4, 0.5) is 5.82 Å². The SMILES string of the molecule is Cc1cc(NC(=O)CN(Cc2ccc(C)s2)C2CCCC2)no1. The molecule has 0 unspecified atom stereocenters. The number of carbonyl (C=O) groups excluding carboxylic acids is 1. The monoisotopic (exact) mass is 333 g/mol. The molecule has 5 nitrogen and oxygen atoms in total. The summed E-state index contributed by atoms with van der Waals surface area (Å²) in [7, 11) is 0. The fraction of sp³-hybridized carbons (Fsp3) is 0.529. The van der Waals surface area contributed by atoms with Crippen LogP contribution in [-0.4, -0.2) is 28.6 Å². The van der Waals surface area contributed by atoms with Gasteiger partial charge in [-0.25, -0.2) is 0 Å². The van der Waals surface area contributed by atoms with Crippen molar-refractivity contribution >= 4 is 23.1 Å². The number of aromatic nitrogens is 1. The van der Waals surface area contributed by atoms with E-state index in [-0.39, 0.29) is 5.91 Å². The lowest BCUT2D eigenvalue weighted by Crippen LogP contribution is -2.39. The highest BCUT2D eigenvalue weighted by atomic mass is 32.1. The van der Waals surface area contributed by atoms with Crippen LogP contribution in [0.1, 0.15) is 41.2 Å². The third-order valence-corrected chi connectivity index (χ3v) is 5.22. The summed E-state index contributed by atoms with van der Waals surface area (Å²) in [5.74, 6) is 1.16. The van der Waals surface area contributed by atoms with Crippen molar-refractivity contribution < 1.29 is 9.32 Å². The van der Waals surface area contributed by atoms with E-state index in [0.29, 0.717) is 24.2 Å². The predicted molar refractivity (Wildman–Crippen MR) is 91.6 cm³/mol. The number of thiophene rings is 1. The number of nitrogens with one attached hydrogen (secondary N) is 1. The van der Waals surface area contributed by atoms with Crippen LogP contribution in [0.2, 0.25) is 0 Å². The van der Waals surface area contributed by atoms with Crippen LogP contribution in [0, 0.1) is 13.8 Å². The van der Waals surface area contributed by atoms with Gasteiger partial charge < -0.3 is 9.84 Å². The summed E-state index contributed by atoms with van der Waals surface area (Å²) in [4.78, 5) is 17.3. The molecule has 3 rings (SSSR count). The highest BCUT2D eigenvalue weighted by Crippen LogP contribution is 2.26. The van der Waals surface area contributed by atoms with E-state index < -0.39 is 0 Å². The first-order valence-corrected chi connectivity index (χ1v) is 8.94. The van der Waals surface area contributed by atoms with Gasteiger partial charge in [-0.05, 0) is 38.8 Å². The molecular formula is C17H23N3O2S. The zero-order valence-electron chi connectivity index (χ0n) is 13.7. The summed E-state index contributed by atoms with van der Waals surface area (Å²) in [6.07, 6.45) is 4.88. The topological polar surface area (TPSA) is 58.4 Å². The van der Waals surface area contributed by atoms with E-state index in [1.54, 1.807) is 6.07 Å². The normalized spacial score (nSPS) is 15.4. The number of aryl methyl sites for hydroxylation is 2. The summed E-state index contributed by atoms with van der Waals surface area (Å²) in [6, 6.07) is 6.55. The highest BCUT2D eigenvalue weighted by Gasteiger charge is 2.25. The Balaban J connectivity index is 1.63. The van der Waals surface area contributed by atoms with E-state index in [9.17, 15) is 4.79 Å². The lowest BCUT2D eigenvalue weighted by Gasteiger charge is -2.27. The van der Waals surface area contributed by atoms with Crippen molar-refractivity contribution in [3.8, 4) is 0 Å². The first-order valence-electron chi connectivity index (χ1n) is 8.12. The van der Waals surface area contributed by atoms with E-state index >= 15 is 0 Å². The van der Waals surface area contributed by atoms with Crippen molar-refractivity contribution in [3.63, 3.8) is 0 Å². The fourth-order valence-corrected chi connectivity index (χ4v) is 4.06. The molecule has 23 heavy (non-hydrogen) atoms. The molecule has 1 aliphatic carbocycles. The van der Waals surface area contributed by atoms with Gasteiger partial charge in [0.05, 0.1) is 6.54 Å². The molecule has 2 aromatic rings. The lowest BCUT2D eigenvalue weighted by atomic mass is 10.2. The molecule has 2 aromatic heterocycles. The summed E-state index contributed by atoms with van der Waals surface area (Å²) in [5.41, 5.74) is 0. The van der Waals surface area contributed by atoms with E-state index in [1.807, 2.05) is 18.3 Å². The minimum Gasteiger partial charge on any atom is -0.360 e. The van der Waals surface area contributed by atoms with E-state index in [1.165, 1.54) is 35.4 Å². The standard InChI is InChI=1S/C17H23N3O2S/c1-12-9-16(19-22-12)18-17(21)11-20(14-5-3-4-6-14)10-15-8-7-13(2)23-15/h7-9,14H,3-6,10-11H2,1-2H3,(H,18,19,21). The van der Waals surface area contributed by atoms with Crippen LogP contribution < -0.4 is 5.32 Å². The highest BCUT2D eigenvalue weighted by molar-refractivity contribution is 7.11. The Morgan fingerprint density at radius 2 is 2.17 bits per heavy atom. The number of amides is 1. The summed E-state index contributed by atoms with van der Waals surface area (Å²) in [5, 5.41) is 6.65. The first kappa shape index (κ1) is 16.2. The van der Waals surface area contributed by atoms with E-state index in [2.05, 4.69) is 34.4 Å². The van der Waals surface area contributed by atoms with Crippen LogP contribution >= 0.6 is 11.3 Å². The Bertz CT molecular complexity index is 658. The second-order valence-electron chi connectivity index (χ2n) is 6.23. The van der Waals surface area contributed by atoms with Gasteiger partial charge in [0.2, 0.25) is 5.91 Å². The number of hydrogen-bond donors (Lipinski definition) is 1. The molecule has 6 heteroatoms. The summed E-state index contributed by atoms with van der Waals surface area (Å²) in [6.45, 7) is 5.17. The summed E-state index contributed by atoms with van der Waals surface area (Å²) >= 11 is 1.81. The molecule has 1 amide bonds. The average molecular weight is 333 g/mol. The summed E-state index contributed by atoms with van der Waals surface area (Å²) < 4.78 is 4.99. The number of nitrogens with zero attached hydrogens (tertiary/aromatic N) is 2. The van der Waals surface area contributed by atoms with Gasteiger partial charge >= 0.3 is 0 Å². The maximum absolute atomic E-state index is 12.4. The maximum Gasteiger partial charge on any atom is 0.239 e. The van der Waals surface area contributed by atoms with Crippen molar-refractivity contribution in [2.24, 2.45) is 0 Å². The third kappa shape index (κ3) is 4.42. The van der Waals surface area contributed by atoms with E-state index in [4.69, 9.17) is 4.52 Å². The maximum atomic E-state index is 12.4. The second-order valence-corrected chi connectivity index (χ2v) is 7.60. The Morgan fingerprint density at radius 3 is 2.78 bits per heavy atom. The van der Waals surface area contributed by atoms with Gasteiger partial charge in [0.25, 0.3) is 0 Å². The van der Waals surface area contributed by atoms with Gasteiger partial charge in [0, 0.05) is 28.4 Å². The number of rotatable bonds is 6. The Hall–Kier alpha value is -1.66. The number of hydrogen-bond acceptors (Lipinski definition) is 5. The minimum atomic E-state index is -0.0292. The molecular weight excluding hydrogens is 310 g/mol. The minimum absolute atomic E-state index is 0.0292. The van der Waals surface area contributed by atoms with Gasteiger partial charge in [-0.3, -0.25) is 9.69 Å². The number of carbonyl (C=O) groups is 1. The zero-order chi connectivity index (χ0) is 16.2. The smallest absolute Gasteiger partial charge is 0.239 e. The fourth-order valence-electron chi connectivity index (χ4n) is 3.15. The number of anilines is 1. The zero-order valence-corrected chi connectivity index (χ0v) is 14.5. The predicted octanol–water partition coefficient (Wildman–Crippen LogP) is 3.74. The average Bonchev–Trinajstić information content (AvgIpc) is 3.21. The molecule has 0 radical (unpaired) electrons. The Kier molecular flexibility index (Phi) is 5.13. The Labute approximate surface area is 140 Å². The van der Waals surface area contributed by atoms with Gasteiger partial charge in [-0.1, -0.05) is 18.0 Å². The molecule has 1 fully saturated rings. The van der Waals surface area contributed by atoms with Crippen LogP contribution in [0.25, 0.3) is 0 Å². The lowest BCUT2D eigenvalue weighted by molar-refractivity contribution is -0.118. The molecule has 0 bridgehead atoms. The van der Waals surface area contributed by atoms with Crippen molar-refractivity contribution in [2.75, 3.05) is 11.9 Å². The van der Waals surface area contributed by atoms with Gasteiger partial charge in [0.15, 0.2) is 5.82 Å². The third-order valence-electron chi connectivity index (χ3n) is 4.24. The molecule has 0 atom stereocenters. The van der Waals surface area contributed by atoms with E-state index in [0.717, 1.165) is 6.54 Å². The van der Waals surface area contributed by atoms with Gasteiger partial charge in [0.1, 0.15) is 5.76 Å². The molecule has 124 valence electrons. The van der Waals surface area contributed by atoms with Gasteiger partial charge in [-0.2, -0.15) is 0 Å². The molecule has 0 spiro atoms. The van der Waals surface area contributed by atoms with Crippen LogP contribution in [0.5, 0.6) is 0 Å². The largest absolute Gasteiger partial charge is 0.360 e. The van der Waals surface area contributed by atoms with Crippen LogP contribution in [0.3, 0.4) is 0 Å². The molecule has 0 aliphatic heterocycles. The molecule has 1 N–H and O–H groups in total. The van der Waals surface area contributed by atoms with Crippen LogP contribution in [-0.2, 0) is 11.3 Å². The molecule has 1 aliphatic rings. The van der Waals surface area contributed by atoms with Crippen molar-refractivity contribution in [3.05, 3.63) is 33.7 Å². The second kappa shape index (κ2) is 7.27. The molecule has 2 heterocycles. The van der Waals surface area contributed by atoms with Crippen molar-refractivity contribution in [1.29, 1.82) is 0 Å². The molecule has 0 aromatic carbocycles. The van der Waals surface area contributed by atoms with Crippen molar-refractivity contribution in [1.82, 2.24) is 10.1 Å². The molecule has 1 saturated carbocycles. The van der Waals surface area contributed by atoms with Crippen molar-refractivity contribution in [2.45, 2.75) is 52.1 Å². The Morgan fingerprint density at radius 1 is 1.39 bits per heavy atom. The van der Waals surface area contributed by atoms with Gasteiger partial charge in [-0.15, -0.1) is 11.3 Å². The van der Waals surface area contributed by atoms with Crippen LogP contribution in [0.15, 0.2) is 22.7 Å². The quantitative estimate of drug-likeness (QED) is 0.875. The molecule has 0 saturated heterocycles. The first-order chi connectivity index (χ1) is 11.1.